The highest BCUT2D eigenvalue weighted by Crippen LogP contribution is 2.12. The van der Waals surface area contributed by atoms with Crippen LogP contribution in [0.5, 0.6) is 5.75 Å². The van der Waals surface area contributed by atoms with Crippen molar-refractivity contribution in [2.45, 2.75) is 6.92 Å². The molecule has 15 heavy (non-hydrogen) atoms. The van der Waals surface area contributed by atoms with Gasteiger partial charge in [0.05, 0.1) is 7.11 Å². The van der Waals surface area contributed by atoms with E-state index in [-0.39, 0.29) is 5.91 Å². The largest absolute Gasteiger partial charge is 0.497 e. The van der Waals surface area contributed by atoms with Gasteiger partial charge in [-0.05, 0) is 31.2 Å². The molecule has 1 amide bonds. The van der Waals surface area contributed by atoms with Gasteiger partial charge in [0.2, 0.25) is 0 Å². The van der Waals surface area contributed by atoms with Crippen molar-refractivity contribution in [2.24, 2.45) is 0 Å². The first-order valence-electron chi connectivity index (χ1n) is 4.58. The monoisotopic (exact) mass is 204 g/mol. The summed E-state index contributed by atoms with van der Waals surface area (Å²) in [7, 11) is 1.56. The maximum Gasteiger partial charge on any atom is 0.266 e. The molecule has 0 aliphatic heterocycles. The number of amides is 1. The van der Waals surface area contributed by atoms with Crippen LogP contribution in [0.3, 0.4) is 0 Å². The van der Waals surface area contributed by atoms with Crippen LogP contribution in [0.25, 0.3) is 0 Å². The van der Waals surface area contributed by atoms with Crippen LogP contribution in [-0.2, 0) is 0 Å². The average molecular weight is 204 g/mol. The van der Waals surface area contributed by atoms with E-state index in [9.17, 15) is 4.79 Å². The second-order valence-corrected chi connectivity index (χ2v) is 2.88. The van der Waals surface area contributed by atoms with E-state index < -0.39 is 0 Å². The summed E-state index contributed by atoms with van der Waals surface area (Å²) in [6.45, 7) is 2.13. The van der Waals surface area contributed by atoms with Gasteiger partial charge in [-0.25, -0.2) is 4.90 Å². The number of carbonyl (C=O) groups excluding carboxylic acids is 1. The molecule has 0 fully saturated rings. The number of hydrogen-bond acceptors (Lipinski definition) is 3. The molecule has 1 rings (SSSR count). The van der Waals surface area contributed by atoms with E-state index in [4.69, 9.17) is 10.00 Å². The lowest BCUT2D eigenvalue weighted by molar-refractivity contribution is 0.0838. The molecule has 4 heteroatoms. The van der Waals surface area contributed by atoms with Crippen LogP contribution >= 0.6 is 0 Å². The van der Waals surface area contributed by atoms with Gasteiger partial charge < -0.3 is 4.74 Å². The van der Waals surface area contributed by atoms with Gasteiger partial charge in [-0.2, -0.15) is 5.26 Å². The second-order valence-electron chi connectivity index (χ2n) is 2.88. The maximum absolute atomic E-state index is 11.7. The smallest absolute Gasteiger partial charge is 0.266 e. The minimum atomic E-state index is -0.289. The zero-order chi connectivity index (χ0) is 11.3. The molecule has 0 saturated carbocycles. The predicted molar refractivity (Wildman–Crippen MR) is 55.3 cm³/mol. The Bertz CT molecular complexity index is 379. The fraction of sp³-hybridized carbons (Fsp3) is 0.273. The highest BCUT2D eigenvalue weighted by atomic mass is 16.5. The first-order chi connectivity index (χ1) is 7.22. The molecule has 0 atom stereocenters. The molecule has 0 N–H and O–H groups in total. The Balaban J connectivity index is 2.88. The third-order valence-electron chi connectivity index (χ3n) is 2.02. The quantitative estimate of drug-likeness (QED) is 0.555. The molecule has 0 aliphatic carbocycles. The predicted octanol–water partition coefficient (Wildman–Crippen LogP) is 1.64. The van der Waals surface area contributed by atoms with Gasteiger partial charge in [0.25, 0.3) is 5.91 Å². The minimum Gasteiger partial charge on any atom is -0.497 e. The Kier molecular flexibility index (Phi) is 3.69. The molecular weight excluding hydrogens is 192 g/mol. The van der Waals surface area contributed by atoms with Crippen molar-refractivity contribution >= 4 is 5.91 Å². The Morgan fingerprint density at radius 3 is 2.47 bits per heavy atom. The Morgan fingerprint density at radius 2 is 2.07 bits per heavy atom. The van der Waals surface area contributed by atoms with Crippen LogP contribution in [0.1, 0.15) is 17.3 Å². The molecule has 0 heterocycles. The molecule has 0 aromatic heterocycles. The number of ether oxygens (including phenoxy) is 1. The number of nitriles is 1. The van der Waals surface area contributed by atoms with E-state index in [0.29, 0.717) is 17.9 Å². The first kappa shape index (κ1) is 11.1. The second kappa shape index (κ2) is 5.01. The molecule has 1 aromatic carbocycles. The zero-order valence-corrected chi connectivity index (χ0v) is 8.73. The summed E-state index contributed by atoms with van der Waals surface area (Å²) in [5.41, 5.74) is 0.485. The van der Waals surface area contributed by atoms with E-state index in [1.165, 1.54) is 0 Å². The van der Waals surface area contributed by atoms with Gasteiger partial charge in [0.15, 0.2) is 6.19 Å². The lowest BCUT2D eigenvalue weighted by Crippen LogP contribution is -2.25. The lowest BCUT2D eigenvalue weighted by atomic mass is 10.2. The SMILES string of the molecule is CCN(C#N)C(=O)c1ccc(OC)cc1. The van der Waals surface area contributed by atoms with Crippen molar-refractivity contribution in [1.29, 1.82) is 5.26 Å². The Hall–Kier alpha value is -2.02. The third kappa shape index (κ3) is 2.47. The van der Waals surface area contributed by atoms with E-state index in [0.717, 1.165) is 4.90 Å². The van der Waals surface area contributed by atoms with Crippen molar-refractivity contribution in [3.63, 3.8) is 0 Å². The summed E-state index contributed by atoms with van der Waals surface area (Å²) in [4.78, 5) is 12.8. The van der Waals surface area contributed by atoms with Gasteiger partial charge in [-0.3, -0.25) is 4.79 Å². The van der Waals surface area contributed by atoms with Crippen molar-refractivity contribution < 1.29 is 9.53 Å². The minimum absolute atomic E-state index is 0.289. The van der Waals surface area contributed by atoms with Crippen LogP contribution in [0.2, 0.25) is 0 Å². The fourth-order valence-corrected chi connectivity index (χ4v) is 1.15. The number of nitrogens with zero attached hydrogens (tertiary/aromatic N) is 2. The van der Waals surface area contributed by atoms with E-state index in [1.54, 1.807) is 38.3 Å². The summed E-state index contributed by atoms with van der Waals surface area (Å²) < 4.78 is 4.97. The molecule has 0 radical (unpaired) electrons. The van der Waals surface area contributed by atoms with E-state index >= 15 is 0 Å². The van der Waals surface area contributed by atoms with Crippen molar-refractivity contribution in [2.75, 3.05) is 13.7 Å². The van der Waals surface area contributed by atoms with Crippen LogP contribution in [-0.4, -0.2) is 24.5 Å². The molecule has 0 saturated heterocycles. The first-order valence-corrected chi connectivity index (χ1v) is 4.58. The number of methoxy groups -OCH3 is 1. The fourth-order valence-electron chi connectivity index (χ4n) is 1.15. The number of hydrogen-bond donors (Lipinski definition) is 0. The molecule has 1 aromatic rings. The number of carbonyl (C=O) groups is 1. The van der Waals surface area contributed by atoms with Crippen molar-refractivity contribution in [1.82, 2.24) is 4.90 Å². The average Bonchev–Trinajstić information content (AvgIpc) is 2.30. The standard InChI is InChI=1S/C11H12N2O2/c1-3-13(8-12)11(14)9-4-6-10(15-2)7-5-9/h4-7H,3H2,1-2H3. The highest BCUT2D eigenvalue weighted by Gasteiger charge is 2.12. The Labute approximate surface area is 88.7 Å². The van der Waals surface area contributed by atoms with Gasteiger partial charge in [0.1, 0.15) is 5.75 Å². The maximum atomic E-state index is 11.7. The molecule has 78 valence electrons. The normalized spacial score (nSPS) is 9.13. The zero-order valence-electron chi connectivity index (χ0n) is 8.73. The van der Waals surface area contributed by atoms with Crippen LogP contribution in [0.4, 0.5) is 0 Å². The molecule has 0 spiro atoms. The van der Waals surface area contributed by atoms with Crippen LogP contribution in [0.15, 0.2) is 24.3 Å². The molecule has 0 bridgehead atoms. The Morgan fingerprint density at radius 1 is 1.47 bits per heavy atom. The van der Waals surface area contributed by atoms with Crippen molar-refractivity contribution in [3.05, 3.63) is 29.8 Å². The summed E-state index contributed by atoms with van der Waals surface area (Å²) in [6, 6.07) is 6.67. The molecule has 4 nitrogen and oxygen atoms in total. The lowest BCUT2D eigenvalue weighted by Gasteiger charge is -2.10. The third-order valence-corrected chi connectivity index (χ3v) is 2.02. The number of rotatable bonds is 3. The highest BCUT2D eigenvalue weighted by molar-refractivity contribution is 5.95. The van der Waals surface area contributed by atoms with Gasteiger partial charge >= 0.3 is 0 Å². The number of benzene rings is 1. The van der Waals surface area contributed by atoms with Gasteiger partial charge in [0, 0.05) is 12.1 Å². The summed E-state index contributed by atoms with van der Waals surface area (Å²) in [5.74, 6) is 0.397. The molecular formula is C11H12N2O2. The van der Waals surface area contributed by atoms with Crippen molar-refractivity contribution in [3.8, 4) is 11.9 Å². The summed E-state index contributed by atoms with van der Waals surface area (Å²) in [5, 5.41) is 8.69. The van der Waals surface area contributed by atoms with Gasteiger partial charge in [-0.1, -0.05) is 0 Å². The molecule has 0 unspecified atom stereocenters. The van der Waals surface area contributed by atoms with E-state index in [2.05, 4.69) is 0 Å². The van der Waals surface area contributed by atoms with Crippen LogP contribution in [0, 0.1) is 11.5 Å². The summed E-state index contributed by atoms with van der Waals surface area (Å²) in [6.07, 6.45) is 1.83. The summed E-state index contributed by atoms with van der Waals surface area (Å²) >= 11 is 0. The van der Waals surface area contributed by atoms with E-state index in [1.807, 2.05) is 6.19 Å². The van der Waals surface area contributed by atoms with Crippen LogP contribution < -0.4 is 4.74 Å². The molecule has 0 aliphatic rings. The van der Waals surface area contributed by atoms with Gasteiger partial charge in [-0.15, -0.1) is 0 Å². The topological polar surface area (TPSA) is 53.3 Å².